The molecule has 0 saturated heterocycles. The van der Waals surface area contributed by atoms with E-state index in [4.69, 9.17) is 15.3 Å². The SMILES string of the molecule is CCOCCCN=C(NN)N(C)CCOCC1CC1. The lowest BCUT2D eigenvalue weighted by molar-refractivity contribution is 0.115. The van der Waals surface area contributed by atoms with Crippen LogP contribution >= 0.6 is 0 Å². The number of rotatable bonds is 10. The molecule has 0 atom stereocenters. The lowest BCUT2D eigenvalue weighted by Gasteiger charge is -2.20. The van der Waals surface area contributed by atoms with Gasteiger partial charge in [-0.2, -0.15) is 0 Å². The highest BCUT2D eigenvalue weighted by Gasteiger charge is 2.21. The summed E-state index contributed by atoms with van der Waals surface area (Å²) in [4.78, 5) is 6.39. The molecule has 6 nitrogen and oxygen atoms in total. The summed E-state index contributed by atoms with van der Waals surface area (Å²) >= 11 is 0. The Morgan fingerprint density at radius 2 is 2.16 bits per heavy atom. The molecule has 0 heterocycles. The number of likely N-dealkylation sites (N-methyl/N-ethyl adjacent to an activating group) is 1. The minimum Gasteiger partial charge on any atom is -0.382 e. The third-order valence-corrected chi connectivity index (χ3v) is 3.02. The molecular weight excluding hydrogens is 244 g/mol. The highest BCUT2D eigenvalue weighted by atomic mass is 16.5. The minimum absolute atomic E-state index is 0.700. The fourth-order valence-corrected chi connectivity index (χ4v) is 1.61. The summed E-state index contributed by atoms with van der Waals surface area (Å²) in [6.45, 7) is 6.60. The largest absolute Gasteiger partial charge is 0.382 e. The summed E-state index contributed by atoms with van der Waals surface area (Å²) in [5, 5.41) is 0. The van der Waals surface area contributed by atoms with Crippen LogP contribution in [0.25, 0.3) is 0 Å². The van der Waals surface area contributed by atoms with Gasteiger partial charge in [0, 0.05) is 40.0 Å². The van der Waals surface area contributed by atoms with E-state index in [2.05, 4.69) is 10.4 Å². The van der Waals surface area contributed by atoms with Gasteiger partial charge in [0.25, 0.3) is 0 Å². The van der Waals surface area contributed by atoms with Gasteiger partial charge < -0.3 is 14.4 Å². The molecule has 0 amide bonds. The second kappa shape index (κ2) is 10.00. The second-order valence-electron chi connectivity index (χ2n) is 4.84. The van der Waals surface area contributed by atoms with Crippen molar-refractivity contribution >= 4 is 5.96 Å². The maximum absolute atomic E-state index is 5.60. The molecular formula is C13H28N4O2. The van der Waals surface area contributed by atoms with Crippen LogP contribution in [-0.4, -0.2) is 57.4 Å². The second-order valence-corrected chi connectivity index (χ2v) is 4.84. The minimum atomic E-state index is 0.700. The van der Waals surface area contributed by atoms with Gasteiger partial charge in [-0.05, 0) is 32.1 Å². The maximum Gasteiger partial charge on any atom is 0.208 e. The molecule has 0 unspecified atom stereocenters. The molecule has 0 aromatic heterocycles. The van der Waals surface area contributed by atoms with Crippen molar-refractivity contribution in [2.75, 3.05) is 46.6 Å². The Balaban J connectivity index is 2.09. The summed E-state index contributed by atoms with van der Waals surface area (Å²) in [6, 6.07) is 0. The van der Waals surface area contributed by atoms with Crippen molar-refractivity contribution in [2.24, 2.45) is 16.8 Å². The number of aliphatic imine (C=N–C) groups is 1. The molecule has 0 radical (unpaired) electrons. The predicted octanol–water partition coefficient (Wildman–Crippen LogP) is 0.591. The van der Waals surface area contributed by atoms with Crippen LogP contribution in [0.1, 0.15) is 26.2 Å². The van der Waals surface area contributed by atoms with Gasteiger partial charge in [0.05, 0.1) is 6.61 Å². The first kappa shape index (κ1) is 16.2. The average molecular weight is 272 g/mol. The Hall–Kier alpha value is -0.850. The number of nitrogens with two attached hydrogens (primary N) is 1. The van der Waals surface area contributed by atoms with Gasteiger partial charge in [0.1, 0.15) is 0 Å². The first-order valence-corrected chi connectivity index (χ1v) is 7.15. The molecule has 112 valence electrons. The van der Waals surface area contributed by atoms with Crippen molar-refractivity contribution in [2.45, 2.75) is 26.2 Å². The highest BCUT2D eigenvalue weighted by Crippen LogP contribution is 2.28. The van der Waals surface area contributed by atoms with Gasteiger partial charge in [0.15, 0.2) is 0 Å². The lowest BCUT2D eigenvalue weighted by atomic mass is 10.4. The van der Waals surface area contributed by atoms with Crippen molar-refractivity contribution in [1.82, 2.24) is 10.3 Å². The first-order chi connectivity index (χ1) is 9.27. The van der Waals surface area contributed by atoms with Gasteiger partial charge in [-0.25, -0.2) is 5.84 Å². The monoisotopic (exact) mass is 272 g/mol. The molecule has 6 heteroatoms. The molecule has 0 bridgehead atoms. The van der Waals surface area contributed by atoms with Crippen molar-refractivity contribution in [3.8, 4) is 0 Å². The highest BCUT2D eigenvalue weighted by molar-refractivity contribution is 5.79. The molecule has 1 rings (SSSR count). The van der Waals surface area contributed by atoms with Crippen LogP contribution in [0.2, 0.25) is 0 Å². The Morgan fingerprint density at radius 3 is 2.79 bits per heavy atom. The van der Waals surface area contributed by atoms with Crippen molar-refractivity contribution in [1.29, 1.82) is 0 Å². The molecule has 1 fully saturated rings. The summed E-state index contributed by atoms with van der Waals surface area (Å²) in [7, 11) is 1.96. The number of ether oxygens (including phenoxy) is 2. The van der Waals surface area contributed by atoms with Crippen LogP contribution in [0.5, 0.6) is 0 Å². The average Bonchev–Trinajstić information content (AvgIpc) is 3.23. The van der Waals surface area contributed by atoms with Crippen LogP contribution in [0.3, 0.4) is 0 Å². The van der Waals surface area contributed by atoms with Gasteiger partial charge >= 0.3 is 0 Å². The van der Waals surface area contributed by atoms with Crippen molar-refractivity contribution < 1.29 is 9.47 Å². The van der Waals surface area contributed by atoms with E-state index in [1.54, 1.807) is 0 Å². The van der Waals surface area contributed by atoms with Gasteiger partial charge in [-0.15, -0.1) is 0 Å². The smallest absolute Gasteiger partial charge is 0.208 e. The van der Waals surface area contributed by atoms with E-state index in [1.165, 1.54) is 12.8 Å². The maximum atomic E-state index is 5.60. The Labute approximate surface area is 116 Å². The first-order valence-electron chi connectivity index (χ1n) is 7.15. The third-order valence-electron chi connectivity index (χ3n) is 3.02. The Morgan fingerprint density at radius 1 is 1.37 bits per heavy atom. The van der Waals surface area contributed by atoms with E-state index < -0.39 is 0 Å². The standard InChI is InChI=1S/C13H28N4O2/c1-3-18-9-4-7-15-13(16-14)17(2)8-10-19-11-12-5-6-12/h12H,3-11,14H2,1-2H3,(H,15,16). The molecule has 0 spiro atoms. The topological polar surface area (TPSA) is 72.1 Å². The summed E-state index contributed by atoms with van der Waals surface area (Å²) < 4.78 is 10.9. The van der Waals surface area contributed by atoms with E-state index in [9.17, 15) is 0 Å². The van der Waals surface area contributed by atoms with Crippen LogP contribution in [0, 0.1) is 5.92 Å². The number of hydrazine groups is 1. The van der Waals surface area contributed by atoms with Crippen molar-refractivity contribution in [3.05, 3.63) is 0 Å². The number of nitrogens with one attached hydrogen (secondary N) is 1. The van der Waals surface area contributed by atoms with Crippen LogP contribution in [0.15, 0.2) is 4.99 Å². The zero-order valence-corrected chi connectivity index (χ0v) is 12.2. The van der Waals surface area contributed by atoms with E-state index in [0.29, 0.717) is 19.1 Å². The Bertz CT molecular complexity index is 257. The number of nitrogens with zero attached hydrogens (tertiary/aromatic N) is 2. The van der Waals surface area contributed by atoms with Gasteiger partial charge in [-0.3, -0.25) is 10.4 Å². The molecule has 1 aliphatic carbocycles. The van der Waals surface area contributed by atoms with E-state index in [-0.39, 0.29) is 0 Å². The third kappa shape index (κ3) is 8.02. The normalized spacial score (nSPS) is 15.6. The van der Waals surface area contributed by atoms with Crippen LogP contribution in [0.4, 0.5) is 0 Å². The van der Waals surface area contributed by atoms with Gasteiger partial charge in [-0.1, -0.05) is 0 Å². The zero-order chi connectivity index (χ0) is 13.9. The summed E-state index contributed by atoms with van der Waals surface area (Å²) in [5.41, 5.74) is 2.63. The Kier molecular flexibility index (Phi) is 8.53. The summed E-state index contributed by atoms with van der Waals surface area (Å²) in [5.74, 6) is 6.99. The fraction of sp³-hybridized carbons (Fsp3) is 0.923. The summed E-state index contributed by atoms with van der Waals surface area (Å²) in [6.07, 6.45) is 3.56. The number of hydrogen-bond donors (Lipinski definition) is 2. The zero-order valence-electron chi connectivity index (χ0n) is 12.2. The van der Waals surface area contributed by atoms with Gasteiger partial charge in [0.2, 0.25) is 5.96 Å². The van der Waals surface area contributed by atoms with Crippen molar-refractivity contribution in [3.63, 3.8) is 0 Å². The fourth-order valence-electron chi connectivity index (χ4n) is 1.61. The molecule has 0 aliphatic heterocycles. The molecule has 0 aromatic rings. The number of guanidine groups is 1. The van der Waals surface area contributed by atoms with Crippen LogP contribution in [-0.2, 0) is 9.47 Å². The molecule has 1 saturated carbocycles. The quantitative estimate of drug-likeness (QED) is 0.200. The molecule has 3 N–H and O–H groups in total. The molecule has 1 aliphatic rings. The van der Waals surface area contributed by atoms with E-state index >= 15 is 0 Å². The molecule has 19 heavy (non-hydrogen) atoms. The number of hydrogen-bond acceptors (Lipinski definition) is 4. The predicted molar refractivity (Wildman–Crippen MR) is 76.9 cm³/mol. The lowest BCUT2D eigenvalue weighted by Crippen LogP contribution is -2.44. The van der Waals surface area contributed by atoms with E-state index in [1.807, 2.05) is 18.9 Å². The van der Waals surface area contributed by atoms with E-state index in [0.717, 1.165) is 38.7 Å². The molecule has 0 aromatic carbocycles. The van der Waals surface area contributed by atoms with Crippen LogP contribution < -0.4 is 11.3 Å².